The molecule has 0 aromatic heterocycles. The highest BCUT2D eigenvalue weighted by atomic mass is 32.2. The second-order valence-corrected chi connectivity index (χ2v) is 6.75. The number of para-hydroxylation sites is 1. The van der Waals surface area contributed by atoms with Gasteiger partial charge in [-0.1, -0.05) is 25.1 Å². The lowest BCUT2D eigenvalue weighted by atomic mass is 10.2. The molecule has 2 aromatic carbocycles. The third kappa shape index (κ3) is 3.64. The Labute approximate surface area is 129 Å². The first kappa shape index (κ1) is 16.5. The second-order valence-electron chi connectivity index (χ2n) is 4.89. The molecule has 0 radical (unpaired) electrons. The fourth-order valence-corrected chi connectivity index (χ4v) is 3.49. The number of aliphatic hydroxyl groups excluding tert-OH is 1. The SMILES string of the molecule is CCC(O)CN(c1ccccc1)S(=O)(=O)c1ccc(F)cc1. The summed E-state index contributed by atoms with van der Waals surface area (Å²) in [6, 6.07) is 13.2. The lowest BCUT2D eigenvalue weighted by molar-refractivity contribution is 0.179. The molecular weight excluding hydrogens is 305 g/mol. The molecule has 22 heavy (non-hydrogen) atoms. The highest BCUT2D eigenvalue weighted by molar-refractivity contribution is 7.92. The Hall–Kier alpha value is -1.92. The summed E-state index contributed by atoms with van der Waals surface area (Å²) in [6.45, 7) is 1.72. The van der Waals surface area contributed by atoms with Gasteiger partial charge in [-0.15, -0.1) is 0 Å². The van der Waals surface area contributed by atoms with E-state index in [1.54, 1.807) is 37.3 Å². The molecule has 0 saturated heterocycles. The van der Waals surface area contributed by atoms with Crippen LogP contribution in [-0.2, 0) is 10.0 Å². The van der Waals surface area contributed by atoms with Crippen LogP contribution in [0, 0.1) is 5.82 Å². The Morgan fingerprint density at radius 2 is 1.68 bits per heavy atom. The van der Waals surface area contributed by atoms with E-state index in [-0.39, 0.29) is 11.4 Å². The molecule has 0 fully saturated rings. The molecule has 1 unspecified atom stereocenters. The predicted octanol–water partition coefficient (Wildman–Crippen LogP) is 2.79. The quantitative estimate of drug-likeness (QED) is 0.889. The summed E-state index contributed by atoms with van der Waals surface area (Å²) in [6.07, 6.45) is -0.349. The van der Waals surface area contributed by atoms with Gasteiger partial charge in [-0.3, -0.25) is 4.31 Å². The van der Waals surface area contributed by atoms with E-state index in [1.165, 1.54) is 12.1 Å². The summed E-state index contributed by atoms with van der Waals surface area (Å²) < 4.78 is 39.7. The maximum atomic E-state index is 13.0. The van der Waals surface area contributed by atoms with E-state index in [0.29, 0.717) is 12.1 Å². The van der Waals surface area contributed by atoms with Crippen LogP contribution in [0.4, 0.5) is 10.1 Å². The van der Waals surface area contributed by atoms with E-state index in [9.17, 15) is 17.9 Å². The molecule has 2 rings (SSSR count). The minimum absolute atomic E-state index is 0.0129. The number of hydrogen-bond donors (Lipinski definition) is 1. The third-order valence-corrected chi connectivity index (χ3v) is 5.10. The third-order valence-electron chi connectivity index (χ3n) is 3.29. The summed E-state index contributed by atoms with van der Waals surface area (Å²) in [5, 5.41) is 9.88. The van der Waals surface area contributed by atoms with Gasteiger partial charge in [-0.05, 0) is 42.8 Å². The van der Waals surface area contributed by atoms with E-state index in [1.807, 2.05) is 0 Å². The van der Waals surface area contributed by atoms with Crippen molar-refractivity contribution in [3.63, 3.8) is 0 Å². The van der Waals surface area contributed by atoms with Gasteiger partial charge in [-0.2, -0.15) is 0 Å². The van der Waals surface area contributed by atoms with Crippen LogP contribution in [0.1, 0.15) is 13.3 Å². The number of nitrogens with zero attached hydrogens (tertiary/aromatic N) is 1. The number of sulfonamides is 1. The van der Waals surface area contributed by atoms with E-state index in [2.05, 4.69) is 0 Å². The Balaban J connectivity index is 2.45. The zero-order valence-corrected chi connectivity index (χ0v) is 13.0. The highest BCUT2D eigenvalue weighted by Crippen LogP contribution is 2.24. The molecule has 0 bridgehead atoms. The lowest BCUT2D eigenvalue weighted by Crippen LogP contribution is -2.37. The lowest BCUT2D eigenvalue weighted by Gasteiger charge is -2.26. The maximum Gasteiger partial charge on any atom is 0.264 e. The molecule has 118 valence electrons. The van der Waals surface area contributed by atoms with Crippen molar-refractivity contribution >= 4 is 15.7 Å². The van der Waals surface area contributed by atoms with Crippen LogP contribution in [0.5, 0.6) is 0 Å². The molecule has 4 nitrogen and oxygen atoms in total. The molecule has 2 aromatic rings. The number of benzene rings is 2. The number of rotatable bonds is 6. The van der Waals surface area contributed by atoms with Gasteiger partial charge in [0.2, 0.25) is 0 Å². The number of aliphatic hydroxyl groups is 1. The molecule has 0 heterocycles. The van der Waals surface area contributed by atoms with E-state index < -0.39 is 21.9 Å². The fraction of sp³-hybridized carbons (Fsp3) is 0.250. The number of anilines is 1. The summed E-state index contributed by atoms with van der Waals surface area (Å²) in [4.78, 5) is -0.0129. The smallest absolute Gasteiger partial charge is 0.264 e. The van der Waals surface area contributed by atoms with Gasteiger partial charge in [-0.25, -0.2) is 12.8 Å². The molecule has 1 atom stereocenters. The van der Waals surface area contributed by atoms with Crippen molar-refractivity contribution in [3.8, 4) is 0 Å². The summed E-state index contributed by atoms with van der Waals surface area (Å²) >= 11 is 0. The fourth-order valence-electron chi connectivity index (χ4n) is 1.99. The zero-order chi connectivity index (χ0) is 16.2. The van der Waals surface area contributed by atoms with Crippen LogP contribution < -0.4 is 4.31 Å². The van der Waals surface area contributed by atoms with Crippen molar-refractivity contribution in [2.45, 2.75) is 24.3 Å². The molecular formula is C16H18FNO3S. The minimum atomic E-state index is -3.87. The van der Waals surface area contributed by atoms with Gasteiger partial charge in [0.15, 0.2) is 0 Å². The minimum Gasteiger partial charge on any atom is -0.391 e. The average molecular weight is 323 g/mol. The largest absolute Gasteiger partial charge is 0.391 e. The second kappa shape index (κ2) is 6.89. The Morgan fingerprint density at radius 3 is 2.23 bits per heavy atom. The first-order valence-electron chi connectivity index (χ1n) is 6.96. The molecule has 0 aliphatic heterocycles. The van der Waals surface area contributed by atoms with Crippen LogP contribution in [0.2, 0.25) is 0 Å². The van der Waals surface area contributed by atoms with Gasteiger partial charge in [0, 0.05) is 0 Å². The number of hydrogen-bond acceptors (Lipinski definition) is 3. The summed E-state index contributed by atoms with van der Waals surface area (Å²) in [5.41, 5.74) is 0.458. The average Bonchev–Trinajstić information content (AvgIpc) is 2.53. The van der Waals surface area contributed by atoms with Crippen LogP contribution in [0.25, 0.3) is 0 Å². The van der Waals surface area contributed by atoms with Crippen molar-refractivity contribution in [2.75, 3.05) is 10.8 Å². The molecule has 6 heteroatoms. The van der Waals surface area contributed by atoms with Crippen LogP contribution >= 0.6 is 0 Å². The molecule has 1 N–H and O–H groups in total. The standard InChI is InChI=1S/C16H18FNO3S/c1-2-15(19)12-18(14-6-4-3-5-7-14)22(20,21)16-10-8-13(17)9-11-16/h3-11,15,19H,2,12H2,1H3. The van der Waals surface area contributed by atoms with Gasteiger partial charge < -0.3 is 5.11 Å². The monoisotopic (exact) mass is 323 g/mol. The predicted molar refractivity (Wildman–Crippen MR) is 83.7 cm³/mol. The van der Waals surface area contributed by atoms with Gasteiger partial charge in [0.1, 0.15) is 5.82 Å². The number of halogens is 1. The highest BCUT2D eigenvalue weighted by Gasteiger charge is 2.26. The van der Waals surface area contributed by atoms with Crippen molar-refractivity contribution < 1.29 is 17.9 Å². The van der Waals surface area contributed by atoms with Crippen molar-refractivity contribution in [3.05, 3.63) is 60.4 Å². The summed E-state index contributed by atoms with van der Waals surface area (Å²) in [5.74, 6) is -0.501. The molecule has 0 amide bonds. The maximum absolute atomic E-state index is 13.0. The molecule has 0 spiro atoms. The van der Waals surface area contributed by atoms with E-state index >= 15 is 0 Å². The molecule has 0 aliphatic rings. The van der Waals surface area contributed by atoms with Crippen LogP contribution in [-0.4, -0.2) is 26.2 Å². The topological polar surface area (TPSA) is 57.6 Å². The van der Waals surface area contributed by atoms with Crippen LogP contribution in [0.3, 0.4) is 0 Å². The first-order chi connectivity index (χ1) is 10.4. The first-order valence-corrected chi connectivity index (χ1v) is 8.40. The van der Waals surface area contributed by atoms with Gasteiger partial charge in [0.05, 0.1) is 23.2 Å². The Kier molecular flexibility index (Phi) is 5.15. The molecule has 0 aliphatic carbocycles. The van der Waals surface area contributed by atoms with Crippen LogP contribution in [0.15, 0.2) is 59.5 Å². The van der Waals surface area contributed by atoms with E-state index in [4.69, 9.17) is 0 Å². The summed E-state index contributed by atoms with van der Waals surface area (Å²) in [7, 11) is -3.87. The van der Waals surface area contributed by atoms with Gasteiger partial charge >= 0.3 is 0 Å². The van der Waals surface area contributed by atoms with Crippen molar-refractivity contribution in [1.82, 2.24) is 0 Å². The van der Waals surface area contributed by atoms with Crippen molar-refractivity contribution in [2.24, 2.45) is 0 Å². The van der Waals surface area contributed by atoms with E-state index in [0.717, 1.165) is 16.4 Å². The zero-order valence-electron chi connectivity index (χ0n) is 12.2. The Morgan fingerprint density at radius 1 is 1.09 bits per heavy atom. The van der Waals surface area contributed by atoms with Gasteiger partial charge in [0.25, 0.3) is 10.0 Å². The molecule has 0 saturated carbocycles. The van der Waals surface area contributed by atoms with Crippen molar-refractivity contribution in [1.29, 1.82) is 0 Å². The Bertz CT molecular complexity index is 702. The normalized spacial score (nSPS) is 12.9.